The summed E-state index contributed by atoms with van der Waals surface area (Å²) < 4.78 is 28.8. The maximum atomic E-state index is 12.0. The summed E-state index contributed by atoms with van der Waals surface area (Å²) in [7, 11) is -0.378. The third-order valence-electron chi connectivity index (χ3n) is 2.23. The van der Waals surface area contributed by atoms with Crippen molar-refractivity contribution in [3.8, 4) is 0 Å². The van der Waals surface area contributed by atoms with Gasteiger partial charge in [-0.2, -0.15) is 0 Å². The molecule has 0 atom stereocenters. The zero-order valence-electron chi connectivity index (χ0n) is 10.0. The zero-order valence-corrected chi connectivity index (χ0v) is 11.6. The van der Waals surface area contributed by atoms with E-state index in [2.05, 4.69) is 0 Å². The Bertz CT molecular complexity index is 494. The van der Waals surface area contributed by atoms with Crippen molar-refractivity contribution in [2.24, 2.45) is 0 Å². The molecule has 0 aromatic heterocycles. The maximum absolute atomic E-state index is 12.0. The second-order valence-electron chi connectivity index (χ2n) is 3.72. The number of hydrogen-bond donors (Lipinski definition) is 0. The Kier molecular flexibility index (Phi) is 4.47. The number of nitrogens with zero attached hydrogens (tertiary/aromatic N) is 1. The highest BCUT2D eigenvalue weighted by Gasteiger charge is 2.18. The molecule has 0 bridgehead atoms. The Morgan fingerprint density at radius 2 is 1.88 bits per heavy atom. The van der Waals surface area contributed by atoms with Gasteiger partial charge >= 0.3 is 0 Å². The number of aryl methyl sites for hydroxylation is 1. The van der Waals surface area contributed by atoms with Gasteiger partial charge in [0.15, 0.2) is 9.84 Å². The van der Waals surface area contributed by atoms with E-state index in [1.165, 1.54) is 12.0 Å². The van der Waals surface area contributed by atoms with Gasteiger partial charge in [-0.1, -0.05) is 17.7 Å². The summed E-state index contributed by atoms with van der Waals surface area (Å²) in [5.74, 6) is -0.192. The summed E-state index contributed by atoms with van der Waals surface area (Å²) in [6.07, 6.45) is 0. The molecule has 1 aromatic carbocycles. The molecule has 0 unspecified atom stereocenters. The van der Waals surface area contributed by atoms with E-state index >= 15 is 0 Å². The molecule has 17 heavy (non-hydrogen) atoms. The molecule has 0 heterocycles. The minimum Gasteiger partial charge on any atom is -0.474 e. The summed E-state index contributed by atoms with van der Waals surface area (Å²) in [6.45, 7) is 1.91. The van der Waals surface area contributed by atoms with E-state index in [4.69, 9.17) is 17.0 Å². The molecule has 0 saturated carbocycles. The number of rotatable bonds is 3. The Hall–Kier alpha value is -1.14. The number of hydrogen-bond acceptors (Lipinski definition) is 4. The molecule has 0 aliphatic carbocycles. The van der Waals surface area contributed by atoms with E-state index in [0.717, 1.165) is 5.56 Å². The lowest BCUT2D eigenvalue weighted by molar-refractivity contribution is 0.339. The molecule has 0 spiro atoms. The largest absolute Gasteiger partial charge is 0.474 e. The smallest absolute Gasteiger partial charge is 0.259 e. The molecule has 0 aliphatic heterocycles. The number of methoxy groups -OCH3 is 1. The van der Waals surface area contributed by atoms with Crippen molar-refractivity contribution < 1.29 is 13.2 Å². The molecule has 0 saturated heterocycles. The molecule has 1 rings (SSSR count). The fraction of sp³-hybridized carbons (Fsp3) is 0.364. The van der Waals surface area contributed by atoms with Crippen molar-refractivity contribution in [1.29, 1.82) is 0 Å². The lowest BCUT2D eigenvalue weighted by Crippen LogP contribution is -2.31. The van der Waals surface area contributed by atoms with Crippen LogP contribution >= 0.6 is 12.2 Å². The Labute approximate surface area is 107 Å². The average molecular weight is 273 g/mol. The van der Waals surface area contributed by atoms with Crippen LogP contribution in [0.1, 0.15) is 5.56 Å². The molecule has 0 radical (unpaired) electrons. The molecule has 0 aliphatic rings. The van der Waals surface area contributed by atoms with Crippen LogP contribution in [-0.2, 0) is 14.6 Å². The van der Waals surface area contributed by atoms with Gasteiger partial charge in [-0.25, -0.2) is 8.42 Å². The normalized spacial score (nSPS) is 11.0. The first kappa shape index (κ1) is 13.9. The highest BCUT2D eigenvalue weighted by molar-refractivity contribution is 7.91. The Morgan fingerprint density at radius 1 is 1.35 bits per heavy atom. The van der Waals surface area contributed by atoms with Gasteiger partial charge in [0, 0.05) is 7.05 Å². The van der Waals surface area contributed by atoms with E-state index in [1.807, 2.05) is 6.92 Å². The third kappa shape index (κ3) is 3.67. The van der Waals surface area contributed by atoms with Crippen LogP contribution in [0.2, 0.25) is 0 Å². The Balaban J connectivity index is 2.89. The topological polar surface area (TPSA) is 46.6 Å². The predicted octanol–water partition coefficient (Wildman–Crippen LogP) is 1.59. The minimum atomic E-state index is -3.37. The molecule has 0 amide bonds. The molecule has 4 nitrogen and oxygen atoms in total. The summed E-state index contributed by atoms with van der Waals surface area (Å²) in [5, 5.41) is 0.153. The average Bonchev–Trinajstić information content (AvgIpc) is 2.27. The molecular weight excluding hydrogens is 258 g/mol. The first-order chi connectivity index (χ1) is 7.86. The van der Waals surface area contributed by atoms with Crippen LogP contribution in [0.15, 0.2) is 29.2 Å². The first-order valence-corrected chi connectivity index (χ1v) is 7.01. The second kappa shape index (κ2) is 5.46. The van der Waals surface area contributed by atoms with Crippen molar-refractivity contribution in [3.05, 3.63) is 29.8 Å². The minimum absolute atomic E-state index is 0.153. The van der Waals surface area contributed by atoms with E-state index in [1.54, 1.807) is 31.3 Å². The van der Waals surface area contributed by atoms with Gasteiger partial charge in [-0.3, -0.25) is 0 Å². The van der Waals surface area contributed by atoms with E-state index in [-0.39, 0.29) is 15.9 Å². The summed E-state index contributed by atoms with van der Waals surface area (Å²) in [4.78, 5) is 1.67. The van der Waals surface area contributed by atoms with Crippen molar-refractivity contribution in [1.82, 2.24) is 4.90 Å². The van der Waals surface area contributed by atoms with Crippen LogP contribution in [0.4, 0.5) is 0 Å². The highest BCUT2D eigenvalue weighted by Crippen LogP contribution is 2.13. The first-order valence-electron chi connectivity index (χ1n) is 4.95. The van der Waals surface area contributed by atoms with Crippen molar-refractivity contribution in [3.63, 3.8) is 0 Å². The van der Waals surface area contributed by atoms with E-state index < -0.39 is 9.84 Å². The molecule has 6 heteroatoms. The van der Waals surface area contributed by atoms with Gasteiger partial charge in [-0.05, 0) is 31.3 Å². The monoisotopic (exact) mass is 273 g/mol. The van der Waals surface area contributed by atoms with Gasteiger partial charge < -0.3 is 9.64 Å². The third-order valence-corrected chi connectivity index (χ3v) is 4.43. The van der Waals surface area contributed by atoms with Crippen molar-refractivity contribution in [2.45, 2.75) is 11.8 Å². The van der Waals surface area contributed by atoms with E-state index in [9.17, 15) is 8.42 Å². The Morgan fingerprint density at radius 3 is 2.35 bits per heavy atom. The highest BCUT2D eigenvalue weighted by atomic mass is 32.2. The van der Waals surface area contributed by atoms with Gasteiger partial charge in [0.25, 0.3) is 5.17 Å². The van der Waals surface area contributed by atoms with Crippen LogP contribution < -0.4 is 0 Å². The van der Waals surface area contributed by atoms with E-state index in [0.29, 0.717) is 0 Å². The summed E-state index contributed by atoms with van der Waals surface area (Å²) >= 11 is 4.86. The van der Waals surface area contributed by atoms with Crippen LogP contribution in [0.3, 0.4) is 0 Å². The lowest BCUT2D eigenvalue weighted by atomic mass is 10.2. The number of sulfone groups is 1. The summed E-state index contributed by atoms with van der Waals surface area (Å²) in [6, 6.07) is 6.71. The molecule has 0 fully saturated rings. The summed E-state index contributed by atoms with van der Waals surface area (Å²) in [5.41, 5.74) is 1.02. The van der Waals surface area contributed by atoms with Gasteiger partial charge in [0.1, 0.15) is 5.88 Å². The van der Waals surface area contributed by atoms with Crippen molar-refractivity contribution >= 4 is 27.2 Å². The van der Waals surface area contributed by atoms with Crippen molar-refractivity contribution in [2.75, 3.05) is 20.0 Å². The standard InChI is InChI=1S/C11H15NO3S2/c1-9-4-6-10(7-5-9)17(13,14)8-12(2)11(16)15-3/h4-7H,8H2,1-3H3. The van der Waals surface area contributed by atoms with Gasteiger partial charge in [-0.15, -0.1) is 0 Å². The lowest BCUT2D eigenvalue weighted by Gasteiger charge is -2.18. The van der Waals surface area contributed by atoms with Crippen LogP contribution in [-0.4, -0.2) is 38.5 Å². The maximum Gasteiger partial charge on any atom is 0.259 e. The number of ether oxygens (including phenoxy) is 1. The van der Waals surface area contributed by atoms with Crippen LogP contribution in [0, 0.1) is 6.92 Å². The fourth-order valence-corrected chi connectivity index (χ4v) is 2.76. The zero-order chi connectivity index (χ0) is 13.1. The molecular formula is C11H15NO3S2. The van der Waals surface area contributed by atoms with Gasteiger partial charge in [0.2, 0.25) is 0 Å². The van der Waals surface area contributed by atoms with Crippen LogP contribution in [0.25, 0.3) is 0 Å². The quantitative estimate of drug-likeness (QED) is 0.783. The van der Waals surface area contributed by atoms with Crippen LogP contribution in [0.5, 0.6) is 0 Å². The molecule has 0 N–H and O–H groups in total. The predicted molar refractivity (Wildman–Crippen MR) is 70.6 cm³/mol. The molecule has 94 valence electrons. The fourth-order valence-electron chi connectivity index (χ4n) is 1.28. The van der Waals surface area contributed by atoms with Gasteiger partial charge in [0.05, 0.1) is 12.0 Å². The number of thiocarbonyl (C=S) groups is 1. The SMILES string of the molecule is COC(=S)N(C)CS(=O)(=O)c1ccc(C)cc1. The number of benzene rings is 1. The second-order valence-corrected chi connectivity index (χ2v) is 6.03. The molecule has 1 aromatic rings.